The third-order valence-corrected chi connectivity index (χ3v) is 8.51. The molecule has 4 atom stereocenters. The lowest BCUT2D eigenvalue weighted by Gasteiger charge is -2.28. The van der Waals surface area contributed by atoms with Crippen LogP contribution in [0.4, 0.5) is 0 Å². The van der Waals surface area contributed by atoms with Crippen LogP contribution in [0.25, 0.3) is 0 Å². The number of esters is 2. The summed E-state index contributed by atoms with van der Waals surface area (Å²) in [7, 11) is 1.00. The van der Waals surface area contributed by atoms with Crippen molar-refractivity contribution < 1.29 is 33.8 Å². The fourth-order valence-corrected chi connectivity index (χ4v) is 5.61. The van der Waals surface area contributed by atoms with Crippen molar-refractivity contribution in [3.8, 4) is 0 Å². The summed E-state index contributed by atoms with van der Waals surface area (Å²) in [5.41, 5.74) is 10.4. The van der Waals surface area contributed by atoms with Crippen molar-refractivity contribution in [2.45, 2.75) is 76.3 Å². The predicted molar refractivity (Wildman–Crippen MR) is 199 cm³/mol. The summed E-state index contributed by atoms with van der Waals surface area (Å²) >= 11 is 0. The Balaban J connectivity index is 0.000000222. The molecule has 2 aliphatic heterocycles. The molecule has 0 spiro atoms. The van der Waals surface area contributed by atoms with Crippen LogP contribution in [0, 0.1) is 0 Å². The standard InChI is InChI=1S/2C20H24N2O3.CH4O/c2*23-20(24-14-16-7-3-1-4-8-16)19-12-11-18(13-21-19)22-25-15-17-9-5-2-6-10-17;1-2/h2*1-10,18-19,21-22H,11-15H2;2H,1H3/t18?,19-;18-,19+;/m01./s1. The van der Waals surface area contributed by atoms with Gasteiger partial charge in [-0.2, -0.15) is 11.0 Å². The van der Waals surface area contributed by atoms with Crippen molar-refractivity contribution in [1.29, 1.82) is 0 Å². The van der Waals surface area contributed by atoms with Crippen molar-refractivity contribution in [3.63, 3.8) is 0 Å². The number of rotatable bonds is 14. The molecule has 4 aromatic carbocycles. The van der Waals surface area contributed by atoms with Crippen LogP contribution >= 0.6 is 0 Å². The summed E-state index contributed by atoms with van der Waals surface area (Å²) < 4.78 is 10.8. The number of hydrogen-bond donors (Lipinski definition) is 5. The molecule has 5 N–H and O–H groups in total. The van der Waals surface area contributed by atoms with Crippen LogP contribution in [-0.2, 0) is 55.2 Å². The summed E-state index contributed by atoms with van der Waals surface area (Å²) in [6.07, 6.45) is 3.21. The van der Waals surface area contributed by atoms with Crippen LogP contribution in [-0.4, -0.2) is 61.4 Å². The minimum absolute atomic E-state index is 0.187. The molecular weight excluding hydrogens is 660 g/mol. The predicted octanol–water partition coefficient (Wildman–Crippen LogP) is 4.75. The molecule has 11 nitrogen and oxygen atoms in total. The highest BCUT2D eigenvalue weighted by molar-refractivity contribution is 5.76. The van der Waals surface area contributed by atoms with Gasteiger partial charge in [-0.05, 0) is 47.9 Å². The van der Waals surface area contributed by atoms with Gasteiger partial charge in [-0.15, -0.1) is 0 Å². The first-order chi connectivity index (χ1) is 25.6. The molecule has 0 saturated carbocycles. The van der Waals surface area contributed by atoms with E-state index in [2.05, 4.69) is 21.6 Å². The summed E-state index contributed by atoms with van der Waals surface area (Å²) in [6, 6.07) is 39.4. The molecule has 0 radical (unpaired) electrons. The number of ether oxygens (including phenoxy) is 2. The number of hydroxylamine groups is 2. The van der Waals surface area contributed by atoms with E-state index in [0.29, 0.717) is 39.5 Å². The Morgan fingerprint density at radius 3 is 1.12 bits per heavy atom. The maximum absolute atomic E-state index is 12.1. The molecule has 0 aromatic heterocycles. The highest BCUT2D eigenvalue weighted by atomic mass is 16.6. The number of aliphatic hydroxyl groups excluding tert-OH is 1. The molecule has 2 saturated heterocycles. The quantitative estimate of drug-likeness (QED) is 0.0915. The van der Waals surface area contributed by atoms with Crippen molar-refractivity contribution in [3.05, 3.63) is 144 Å². The molecule has 1 unspecified atom stereocenters. The number of piperidine rings is 2. The molecule has 2 fully saturated rings. The van der Waals surface area contributed by atoms with E-state index >= 15 is 0 Å². The van der Waals surface area contributed by atoms with Gasteiger partial charge in [0.1, 0.15) is 25.3 Å². The Hall–Kier alpha value is -4.46. The maximum atomic E-state index is 12.1. The maximum Gasteiger partial charge on any atom is 0.323 e. The Morgan fingerprint density at radius 1 is 0.519 bits per heavy atom. The Kier molecular flexibility index (Phi) is 18.5. The average molecular weight is 713 g/mol. The number of hydrogen-bond acceptors (Lipinski definition) is 11. The monoisotopic (exact) mass is 712 g/mol. The molecule has 0 aliphatic carbocycles. The Bertz CT molecular complexity index is 1400. The van der Waals surface area contributed by atoms with Gasteiger partial charge in [0, 0.05) is 32.3 Å². The van der Waals surface area contributed by atoms with Crippen molar-refractivity contribution in [1.82, 2.24) is 21.6 Å². The third-order valence-electron chi connectivity index (χ3n) is 8.51. The summed E-state index contributed by atoms with van der Waals surface area (Å²) in [4.78, 5) is 35.4. The van der Waals surface area contributed by atoms with Crippen molar-refractivity contribution in [2.75, 3.05) is 20.2 Å². The van der Waals surface area contributed by atoms with Gasteiger partial charge in [0.15, 0.2) is 0 Å². The fourth-order valence-electron chi connectivity index (χ4n) is 5.61. The van der Waals surface area contributed by atoms with Gasteiger partial charge >= 0.3 is 11.9 Å². The van der Waals surface area contributed by atoms with E-state index in [0.717, 1.165) is 55.0 Å². The second kappa shape index (κ2) is 23.9. The minimum Gasteiger partial charge on any atom is -0.460 e. The average Bonchev–Trinajstić information content (AvgIpc) is 3.22. The third kappa shape index (κ3) is 15.0. The van der Waals surface area contributed by atoms with Crippen LogP contribution < -0.4 is 21.6 Å². The molecule has 6 rings (SSSR count). The van der Waals surface area contributed by atoms with E-state index in [9.17, 15) is 9.59 Å². The molecule has 278 valence electrons. The van der Waals surface area contributed by atoms with E-state index in [1.807, 2.05) is 121 Å². The van der Waals surface area contributed by atoms with Crippen molar-refractivity contribution in [2.24, 2.45) is 0 Å². The number of aliphatic hydroxyl groups is 1. The van der Waals surface area contributed by atoms with Gasteiger partial charge in [0.05, 0.1) is 13.2 Å². The second-order valence-electron chi connectivity index (χ2n) is 12.4. The largest absolute Gasteiger partial charge is 0.460 e. The van der Waals surface area contributed by atoms with E-state index in [-0.39, 0.29) is 36.1 Å². The lowest BCUT2D eigenvalue weighted by Crippen LogP contribution is -2.51. The second-order valence-corrected chi connectivity index (χ2v) is 12.4. The van der Waals surface area contributed by atoms with Gasteiger partial charge in [0.25, 0.3) is 0 Å². The van der Waals surface area contributed by atoms with Gasteiger partial charge in [-0.3, -0.25) is 19.3 Å². The first kappa shape index (κ1) is 40.3. The molecule has 11 heteroatoms. The molecule has 0 bridgehead atoms. The van der Waals surface area contributed by atoms with Crippen LogP contribution in [0.15, 0.2) is 121 Å². The zero-order valence-electron chi connectivity index (χ0n) is 29.8. The lowest BCUT2D eigenvalue weighted by atomic mass is 10.0. The first-order valence-electron chi connectivity index (χ1n) is 17.8. The molecule has 0 amide bonds. The number of benzene rings is 4. The minimum atomic E-state index is -0.240. The van der Waals surface area contributed by atoms with E-state index < -0.39 is 0 Å². The fraction of sp³-hybridized carbons (Fsp3) is 0.366. The normalized spacial score (nSPS) is 19.5. The van der Waals surface area contributed by atoms with Gasteiger partial charge in [-0.1, -0.05) is 121 Å². The molecule has 4 aromatic rings. The van der Waals surface area contributed by atoms with Gasteiger partial charge in [0.2, 0.25) is 0 Å². The van der Waals surface area contributed by atoms with E-state index in [1.165, 1.54) is 0 Å². The zero-order chi connectivity index (χ0) is 36.6. The first-order valence-corrected chi connectivity index (χ1v) is 17.8. The zero-order valence-corrected chi connectivity index (χ0v) is 29.8. The smallest absolute Gasteiger partial charge is 0.323 e. The van der Waals surface area contributed by atoms with Crippen molar-refractivity contribution >= 4 is 11.9 Å². The summed E-state index contributed by atoms with van der Waals surface area (Å²) in [5, 5.41) is 13.5. The van der Waals surface area contributed by atoms with E-state index in [1.54, 1.807) is 0 Å². The molecule has 52 heavy (non-hydrogen) atoms. The highest BCUT2D eigenvalue weighted by Crippen LogP contribution is 2.13. The topological polar surface area (TPSA) is 139 Å². The number of carbonyl (C=O) groups excluding carboxylic acids is 2. The van der Waals surface area contributed by atoms with Crippen LogP contribution in [0.1, 0.15) is 47.9 Å². The molecular formula is C41H52N4O7. The van der Waals surface area contributed by atoms with Crippen LogP contribution in [0.3, 0.4) is 0 Å². The van der Waals surface area contributed by atoms with Gasteiger partial charge in [-0.25, -0.2) is 0 Å². The van der Waals surface area contributed by atoms with Gasteiger partial charge < -0.3 is 25.2 Å². The molecule has 2 aliphatic rings. The van der Waals surface area contributed by atoms with Crippen LogP contribution in [0.5, 0.6) is 0 Å². The number of carbonyl (C=O) groups is 2. The number of nitrogens with one attached hydrogen (secondary N) is 4. The van der Waals surface area contributed by atoms with Crippen LogP contribution in [0.2, 0.25) is 0 Å². The highest BCUT2D eigenvalue weighted by Gasteiger charge is 2.28. The SMILES string of the molecule is CO.O=C(OCc1ccccc1)[C@@H]1CCC(NOCc2ccccc2)CN1.O=C(OCc1ccccc1)[C@@H]1CC[C@@H](NOCc2ccccc2)CN1. The summed E-state index contributed by atoms with van der Waals surface area (Å²) in [5.74, 6) is -0.375. The van der Waals surface area contributed by atoms with E-state index in [4.69, 9.17) is 24.3 Å². The Morgan fingerprint density at radius 2 is 0.827 bits per heavy atom. The summed E-state index contributed by atoms with van der Waals surface area (Å²) in [6.45, 7) is 3.05. The lowest BCUT2D eigenvalue weighted by molar-refractivity contribution is -0.149. The molecule has 2 heterocycles. The Labute approximate surface area is 306 Å².